The van der Waals surface area contributed by atoms with Crippen molar-refractivity contribution in [2.45, 2.75) is 30.6 Å². The third kappa shape index (κ3) is 3.01. The minimum absolute atomic E-state index is 0.0350. The molecule has 4 aliphatic heterocycles. The molecule has 9 heteroatoms. The van der Waals surface area contributed by atoms with Crippen molar-refractivity contribution in [1.82, 2.24) is 9.80 Å². The normalized spacial score (nSPS) is 34.8. The summed E-state index contributed by atoms with van der Waals surface area (Å²) in [6.45, 7) is 2.24. The maximum atomic E-state index is 14.1. The second-order valence-corrected chi connectivity index (χ2v) is 9.71. The lowest BCUT2D eigenvalue weighted by Crippen LogP contribution is -2.56. The van der Waals surface area contributed by atoms with E-state index in [0.29, 0.717) is 23.7 Å². The van der Waals surface area contributed by atoms with Crippen LogP contribution in [0.5, 0.6) is 0 Å². The van der Waals surface area contributed by atoms with Crippen LogP contribution in [-0.2, 0) is 19.1 Å². The maximum absolute atomic E-state index is 14.1. The van der Waals surface area contributed by atoms with Gasteiger partial charge in [0.15, 0.2) is 0 Å². The molecule has 5 rings (SSSR count). The van der Waals surface area contributed by atoms with Crippen molar-refractivity contribution in [3.8, 4) is 0 Å². The molecule has 2 saturated heterocycles. The monoisotopic (exact) mass is 485 g/mol. The first-order valence-corrected chi connectivity index (χ1v) is 12.0. The van der Waals surface area contributed by atoms with Crippen molar-refractivity contribution in [1.29, 1.82) is 0 Å². The molecule has 4 aliphatic rings. The van der Waals surface area contributed by atoms with Gasteiger partial charge in [-0.05, 0) is 18.6 Å². The Labute approximate surface area is 203 Å². The summed E-state index contributed by atoms with van der Waals surface area (Å²) in [4.78, 5) is 46.1. The number of carbonyl (C=O) groups excluding carboxylic acids is 3. The molecule has 180 valence electrons. The summed E-state index contributed by atoms with van der Waals surface area (Å²) in [6, 6.07) is 6.01. The number of rotatable bonds is 4. The van der Waals surface area contributed by atoms with Crippen LogP contribution in [0.15, 0.2) is 48.6 Å². The maximum Gasteiger partial charge on any atom is 0.253 e. The molecule has 5 atom stereocenters. The molecular formula is C25H28ClN3O5. The number of nitrogens with zero attached hydrogens (tertiary/aromatic N) is 3. The van der Waals surface area contributed by atoms with E-state index in [4.69, 9.17) is 16.3 Å². The summed E-state index contributed by atoms with van der Waals surface area (Å²) in [6.07, 6.45) is 7.86. The lowest BCUT2D eigenvalue weighted by Gasteiger charge is -2.38. The molecule has 0 aliphatic carbocycles. The van der Waals surface area contributed by atoms with Crippen LogP contribution in [-0.4, -0.2) is 83.2 Å². The second kappa shape index (κ2) is 8.22. The van der Waals surface area contributed by atoms with Gasteiger partial charge in [-0.3, -0.25) is 14.4 Å². The zero-order valence-electron chi connectivity index (χ0n) is 19.2. The van der Waals surface area contributed by atoms with Crippen LogP contribution in [0.1, 0.15) is 13.3 Å². The van der Waals surface area contributed by atoms with Gasteiger partial charge < -0.3 is 24.5 Å². The Hall–Kier alpha value is -2.68. The predicted molar refractivity (Wildman–Crippen MR) is 126 cm³/mol. The van der Waals surface area contributed by atoms with Crippen molar-refractivity contribution in [2.24, 2.45) is 11.8 Å². The summed E-state index contributed by atoms with van der Waals surface area (Å²) in [7, 11) is 1.71. The minimum Gasteiger partial charge on any atom is -0.395 e. The van der Waals surface area contributed by atoms with Crippen molar-refractivity contribution < 1.29 is 24.2 Å². The molecule has 4 heterocycles. The number of hydrogen-bond donors (Lipinski definition) is 1. The minimum atomic E-state index is -1.34. The fourth-order valence-corrected chi connectivity index (χ4v) is 6.35. The molecular weight excluding hydrogens is 458 g/mol. The molecule has 0 radical (unpaired) electrons. The Morgan fingerprint density at radius 1 is 1.06 bits per heavy atom. The first-order chi connectivity index (χ1) is 16.3. The first kappa shape index (κ1) is 23.1. The molecule has 1 aromatic rings. The van der Waals surface area contributed by atoms with Crippen LogP contribution in [0.3, 0.4) is 0 Å². The Kier molecular flexibility index (Phi) is 5.58. The Morgan fingerprint density at radius 3 is 2.50 bits per heavy atom. The van der Waals surface area contributed by atoms with Crippen molar-refractivity contribution in [2.75, 3.05) is 38.2 Å². The average Bonchev–Trinajstić information content (AvgIpc) is 3.11. The molecule has 1 spiro atoms. The number of fused-ring (bicyclic) bond motifs is 2. The van der Waals surface area contributed by atoms with Gasteiger partial charge in [0.2, 0.25) is 11.8 Å². The molecule has 34 heavy (non-hydrogen) atoms. The van der Waals surface area contributed by atoms with Crippen LogP contribution in [0.25, 0.3) is 0 Å². The molecule has 2 fully saturated rings. The topological polar surface area (TPSA) is 90.4 Å². The third-order valence-electron chi connectivity index (χ3n) is 7.63. The molecule has 0 saturated carbocycles. The number of aliphatic hydroxyl groups excluding tert-OH is 1. The Morgan fingerprint density at radius 2 is 1.79 bits per heavy atom. The summed E-state index contributed by atoms with van der Waals surface area (Å²) >= 11 is 6.42. The first-order valence-electron chi connectivity index (χ1n) is 11.6. The van der Waals surface area contributed by atoms with Gasteiger partial charge in [0, 0.05) is 26.7 Å². The van der Waals surface area contributed by atoms with E-state index in [1.807, 2.05) is 25.2 Å². The van der Waals surface area contributed by atoms with E-state index < -0.39 is 29.1 Å². The van der Waals surface area contributed by atoms with Crippen molar-refractivity contribution in [3.05, 3.63) is 53.6 Å². The average molecular weight is 486 g/mol. The SMILES string of the molecule is CC[C@@]12C=CCN(C)C(=O)[C@@H]1[C@H]1C(=O)N(CCO)C3C(=O)N(c4ccccc4Cl)CC=C[C@@]31O2. The van der Waals surface area contributed by atoms with Crippen LogP contribution in [0, 0.1) is 11.8 Å². The second-order valence-electron chi connectivity index (χ2n) is 9.30. The third-order valence-corrected chi connectivity index (χ3v) is 7.94. The van der Waals surface area contributed by atoms with E-state index in [1.54, 1.807) is 42.3 Å². The van der Waals surface area contributed by atoms with E-state index in [1.165, 1.54) is 9.80 Å². The lowest BCUT2D eigenvalue weighted by atomic mass is 9.73. The van der Waals surface area contributed by atoms with Gasteiger partial charge in [-0.2, -0.15) is 0 Å². The van der Waals surface area contributed by atoms with E-state index in [2.05, 4.69) is 0 Å². The highest BCUT2D eigenvalue weighted by molar-refractivity contribution is 6.34. The fourth-order valence-electron chi connectivity index (χ4n) is 6.12. The number of halogens is 1. The highest BCUT2D eigenvalue weighted by atomic mass is 35.5. The molecule has 0 aromatic heterocycles. The zero-order valence-corrected chi connectivity index (χ0v) is 19.9. The van der Waals surface area contributed by atoms with Crippen LogP contribution in [0.2, 0.25) is 5.02 Å². The summed E-state index contributed by atoms with van der Waals surface area (Å²) < 4.78 is 6.78. The molecule has 1 aromatic carbocycles. The van der Waals surface area contributed by atoms with E-state index in [-0.39, 0.29) is 37.4 Å². The van der Waals surface area contributed by atoms with Gasteiger partial charge in [-0.1, -0.05) is 55.0 Å². The van der Waals surface area contributed by atoms with Crippen LogP contribution >= 0.6 is 11.6 Å². The number of para-hydroxylation sites is 1. The molecule has 1 unspecified atom stereocenters. The molecule has 0 bridgehead atoms. The number of carbonyl (C=O) groups is 3. The van der Waals surface area contributed by atoms with Gasteiger partial charge >= 0.3 is 0 Å². The fraction of sp³-hybridized carbons (Fsp3) is 0.480. The molecule has 1 N–H and O–H groups in total. The summed E-state index contributed by atoms with van der Waals surface area (Å²) in [5, 5.41) is 10.2. The number of likely N-dealkylation sites (N-methyl/N-ethyl adjacent to an activating group) is 1. The summed E-state index contributed by atoms with van der Waals surface area (Å²) in [5.41, 5.74) is -1.81. The Balaban J connectivity index is 1.68. The van der Waals surface area contributed by atoms with Crippen molar-refractivity contribution >= 4 is 35.0 Å². The number of anilines is 1. The van der Waals surface area contributed by atoms with Gasteiger partial charge in [0.25, 0.3) is 5.91 Å². The molecule has 8 nitrogen and oxygen atoms in total. The van der Waals surface area contributed by atoms with E-state index >= 15 is 0 Å². The number of β-amino-alcohol motifs (C(OH)–C–C–N with tert-alkyl or cyclic N) is 1. The van der Waals surface area contributed by atoms with Crippen LogP contribution in [0.4, 0.5) is 5.69 Å². The predicted octanol–water partition coefficient (Wildman–Crippen LogP) is 1.62. The van der Waals surface area contributed by atoms with Gasteiger partial charge in [-0.25, -0.2) is 0 Å². The zero-order chi connectivity index (χ0) is 24.3. The Bertz CT molecular complexity index is 1110. The molecule has 3 amide bonds. The number of hydrogen-bond acceptors (Lipinski definition) is 5. The largest absolute Gasteiger partial charge is 0.395 e. The van der Waals surface area contributed by atoms with Gasteiger partial charge in [0.1, 0.15) is 11.6 Å². The highest BCUT2D eigenvalue weighted by Gasteiger charge is 2.75. The number of amides is 3. The smallest absolute Gasteiger partial charge is 0.253 e. The number of ether oxygens (including phenoxy) is 1. The number of likely N-dealkylation sites (tertiary alicyclic amines) is 1. The van der Waals surface area contributed by atoms with Crippen LogP contribution < -0.4 is 4.90 Å². The highest BCUT2D eigenvalue weighted by Crippen LogP contribution is 2.58. The van der Waals surface area contributed by atoms with E-state index in [0.717, 1.165) is 0 Å². The van der Waals surface area contributed by atoms with Gasteiger partial charge in [-0.15, -0.1) is 0 Å². The summed E-state index contributed by atoms with van der Waals surface area (Å²) in [5.74, 6) is -2.54. The number of aliphatic hydroxyl groups is 1. The van der Waals surface area contributed by atoms with Crippen molar-refractivity contribution in [3.63, 3.8) is 0 Å². The van der Waals surface area contributed by atoms with Gasteiger partial charge in [0.05, 0.1) is 34.8 Å². The lowest BCUT2D eigenvalue weighted by molar-refractivity contribution is -0.149. The van der Waals surface area contributed by atoms with E-state index in [9.17, 15) is 19.5 Å². The number of benzene rings is 1. The standard InChI is InChI=1S/C25H28ClN3O5/c1-3-24-10-6-12-27(2)21(31)18(24)19-22(32)29(14-15-30)20-23(33)28(13-7-11-25(19,20)34-24)17-9-5-4-8-16(17)26/h4-11,18-20,30H,3,12-15H2,1-2H3/t18-,19-,20?,24+,25-/m0/s1. The quantitative estimate of drug-likeness (QED) is 0.655.